The first kappa shape index (κ1) is 16.9. The third-order valence-corrected chi connectivity index (χ3v) is 4.03. The number of carbonyl (C=O) groups is 2. The van der Waals surface area contributed by atoms with E-state index in [2.05, 4.69) is 15.8 Å². The number of aromatic hydroxyl groups is 1. The number of amides is 2. The minimum Gasteiger partial charge on any atom is -0.507 e. The van der Waals surface area contributed by atoms with Crippen LogP contribution in [0.15, 0.2) is 41.5 Å². The van der Waals surface area contributed by atoms with Crippen LogP contribution in [0.2, 0.25) is 0 Å². The van der Waals surface area contributed by atoms with Gasteiger partial charge in [0.1, 0.15) is 5.75 Å². The van der Waals surface area contributed by atoms with Crippen LogP contribution in [-0.2, 0) is 14.3 Å². The van der Waals surface area contributed by atoms with Crippen LogP contribution in [0.25, 0.3) is 10.8 Å². The van der Waals surface area contributed by atoms with E-state index in [1.54, 1.807) is 12.1 Å². The van der Waals surface area contributed by atoms with Gasteiger partial charge in [-0.2, -0.15) is 5.10 Å². The Balaban J connectivity index is 1.60. The molecule has 3 rings (SSSR count). The molecule has 1 fully saturated rings. The summed E-state index contributed by atoms with van der Waals surface area (Å²) in [4.78, 5) is 23.5. The Morgan fingerprint density at radius 3 is 2.88 bits per heavy atom. The Kier molecular flexibility index (Phi) is 5.25. The lowest BCUT2D eigenvalue weighted by molar-refractivity contribution is -0.139. The molecular weight excluding hydrogens is 322 g/mol. The summed E-state index contributed by atoms with van der Waals surface area (Å²) >= 11 is 0. The summed E-state index contributed by atoms with van der Waals surface area (Å²) in [5.41, 5.74) is 2.64. The van der Waals surface area contributed by atoms with Gasteiger partial charge in [-0.25, -0.2) is 5.43 Å². The Morgan fingerprint density at radius 2 is 2.08 bits per heavy atom. The van der Waals surface area contributed by atoms with Gasteiger partial charge in [0, 0.05) is 18.7 Å². The standard InChI is InChI=1S/C18H19N3O4/c22-16-8-7-12-4-1-2-6-14(12)15(16)11-20-21-18(24)17(23)19-10-13-5-3-9-25-13/h1-2,4,6-8,11,13,22H,3,5,9-10H2,(H,19,23)(H,21,24)/b20-11+/t13-/m1/s1. The molecule has 130 valence electrons. The van der Waals surface area contributed by atoms with Gasteiger partial charge in [-0.05, 0) is 29.7 Å². The van der Waals surface area contributed by atoms with Gasteiger partial charge in [0.2, 0.25) is 0 Å². The summed E-state index contributed by atoms with van der Waals surface area (Å²) < 4.78 is 5.37. The number of benzene rings is 2. The molecule has 1 aliphatic rings. The number of ether oxygens (including phenoxy) is 1. The van der Waals surface area contributed by atoms with Crippen molar-refractivity contribution < 1.29 is 19.4 Å². The predicted octanol–water partition coefficient (Wildman–Crippen LogP) is 1.29. The van der Waals surface area contributed by atoms with Crippen LogP contribution in [0.5, 0.6) is 5.75 Å². The van der Waals surface area contributed by atoms with Gasteiger partial charge < -0.3 is 15.2 Å². The lowest BCUT2D eigenvalue weighted by atomic mass is 10.0. The highest BCUT2D eigenvalue weighted by atomic mass is 16.5. The highest BCUT2D eigenvalue weighted by Crippen LogP contribution is 2.25. The average Bonchev–Trinajstić information content (AvgIpc) is 3.15. The van der Waals surface area contributed by atoms with Crippen molar-refractivity contribution in [2.45, 2.75) is 18.9 Å². The number of rotatable bonds is 4. The molecule has 25 heavy (non-hydrogen) atoms. The number of carbonyl (C=O) groups excluding carboxylic acids is 2. The Bertz CT molecular complexity index is 813. The lowest BCUT2D eigenvalue weighted by Crippen LogP contribution is -2.41. The second kappa shape index (κ2) is 7.76. The second-order valence-electron chi connectivity index (χ2n) is 5.76. The van der Waals surface area contributed by atoms with Crippen molar-refractivity contribution >= 4 is 28.8 Å². The van der Waals surface area contributed by atoms with Gasteiger partial charge >= 0.3 is 11.8 Å². The first-order valence-corrected chi connectivity index (χ1v) is 8.08. The summed E-state index contributed by atoms with van der Waals surface area (Å²) in [6, 6.07) is 10.8. The van der Waals surface area contributed by atoms with E-state index in [-0.39, 0.29) is 11.9 Å². The van der Waals surface area contributed by atoms with E-state index in [9.17, 15) is 14.7 Å². The quantitative estimate of drug-likeness (QED) is 0.443. The van der Waals surface area contributed by atoms with Gasteiger partial charge in [-0.1, -0.05) is 30.3 Å². The second-order valence-corrected chi connectivity index (χ2v) is 5.76. The molecule has 0 unspecified atom stereocenters. The number of hydrogen-bond acceptors (Lipinski definition) is 5. The maximum absolute atomic E-state index is 11.7. The fourth-order valence-electron chi connectivity index (χ4n) is 2.72. The van der Waals surface area contributed by atoms with E-state index < -0.39 is 11.8 Å². The van der Waals surface area contributed by atoms with Gasteiger partial charge in [-0.15, -0.1) is 0 Å². The SMILES string of the molecule is O=C(NC[C@H]1CCCO1)C(=O)N/N=C/c1c(O)ccc2ccccc12. The monoisotopic (exact) mass is 341 g/mol. The van der Waals surface area contributed by atoms with E-state index in [0.717, 1.165) is 23.6 Å². The molecule has 7 nitrogen and oxygen atoms in total. The van der Waals surface area contributed by atoms with Crippen LogP contribution in [0.3, 0.4) is 0 Å². The number of phenols is 1. The van der Waals surface area contributed by atoms with E-state index in [1.807, 2.05) is 24.3 Å². The van der Waals surface area contributed by atoms with Crippen LogP contribution in [0.1, 0.15) is 18.4 Å². The van der Waals surface area contributed by atoms with Gasteiger partial charge in [0.05, 0.1) is 12.3 Å². The number of nitrogens with zero attached hydrogens (tertiary/aromatic N) is 1. The van der Waals surface area contributed by atoms with Crippen molar-refractivity contribution in [2.24, 2.45) is 5.10 Å². The first-order chi connectivity index (χ1) is 12.1. The molecule has 0 aliphatic carbocycles. The molecule has 2 aromatic rings. The number of phenolic OH excluding ortho intramolecular Hbond substituents is 1. The number of hydrogen-bond donors (Lipinski definition) is 3. The minimum atomic E-state index is -0.867. The summed E-state index contributed by atoms with van der Waals surface area (Å²) in [7, 11) is 0. The molecular formula is C18H19N3O4. The van der Waals surface area contributed by atoms with Gasteiger partial charge in [-0.3, -0.25) is 9.59 Å². The zero-order valence-corrected chi connectivity index (χ0v) is 13.6. The maximum atomic E-state index is 11.7. The molecule has 0 saturated carbocycles. The number of hydrazone groups is 1. The van der Waals surface area contributed by atoms with E-state index in [4.69, 9.17) is 4.74 Å². The van der Waals surface area contributed by atoms with Gasteiger partial charge in [0.25, 0.3) is 0 Å². The summed E-state index contributed by atoms with van der Waals surface area (Å²) in [6.45, 7) is 0.992. The van der Waals surface area contributed by atoms with Crippen LogP contribution in [-0.4, -0.2) is 42.4 Å². The average molecular weight is 341 g/mol. The van der Waals surface area contributed by atoms with Crippen molar-refractivity contribution in [1.82, 2.24) is 10.7 Å². The number of nitrogens with one attached hydrogen (secondary N) is 2. The molecule has 3 N–H and O–H groups in total. The molecule has 1 heterocycles. The molecule has 2 amide bonds. The number of fused-ring (bicyclic) bond motifs is 1. The van der Waals surface area contributed by atoms with Crippen molar-refractivity contribution in [1.29, 1.82) is 0 Å². The van der Waals surface area contributed by atoms with Crippen molar-refractivity contribution in [3.05, 3.63) is 42.0 Å². The van der Waals surface area contributed by atoms with Crippen LogP contribution >= 0.6 is 0 Å². The first-order valence-electron chi connectivity index (χ1n) is 8.08. The maximum Gasteiger partial charge on any atom is 0.329 e. The summed E-state index contributed by atoms with van der Waals surface area (Å²) in [6.07, 6.45) is 3.13. The highest BCUT2D eigenvalue weighted by Gasteiger charge is 2.19. The Morgan fingerprint density at radius 1 is 1.24 bits per heavy atom. The van der Waals surface area contributed by atoms with Crippen LogP contribution in [0.4, 0.5) is 0 Å². The molecule has 1 atom stereocenters. The summed E-state index contributed by atoms with van der Waals surface area (Å²) in [5.74, 6) is -1.59. The molecule has 0 bridgehead atoms. The fourth-order valence-corrected chi connectivity index (χ4v) is 2.72. The highest BCUT2D eigenvalue weighted by molar-refractivity contribution is 6.35. The Hall–Kier alpha value is -2.93. The minimum absolute atomic E-state index is 0.0344. The normalized spacial score (nSPS) is 17.0. The summed E-state index contributed by atoms with van der Waals surface area (Å²) in [5, 5.41) is 18.0. The third kappa shape index (κ3) is 4.13. The van der Waals surface area contributed by atoms with E-state index in [0.29, 0.717) is 18.7 Å². The van der Waals surface area contributed by atoms with Crippen molar-refractivity contribution in [3.8, 4) is 5.75 Å². The fraction of sp³-hybridized carbons (Fsp3) is 0.278. The Labute approximate surface area is 144 Å². The molecule has 0 aromatic heterocycles. The largest absolute Gasteiger partial charge is 0.507 e. The molecule has 0 radical (unpaired) electrons. The molecule has 1 saturated heterocycles. The molecule has 1 aliphatic heterocycles. The predicted molar refractivity (Wildman–Crippen MR) is 93.3 cm³/mol. The topological polar surface area (TPSA) is 100 Å². The van der Waals surface area contributed by atoms with E-state index in [1.165, 1.54) is 6.21 Å². The smallest absolute Gasteiger partial charge is 0.329 e. The molecule has 2 aromatic carbocycles. The van der Waals surface area contributed by atoms with Crippen LogP contribution < -0.4 is 10.7 Å². The van der Waals surface area contributed by atoms with Crippen molar-refractivity contribution in [3.63, 3.8) is 0 Å². The zero-order valence-electron chi connectivity index (χ0n) is 13.6. The van der Waals surface area contributed by atoms with Gasteiger partial charge in [0.15, 0.2) is 0 Å². The van der Waals surface area contributed by atoms with E-state index >= 15 is 0 Å². The molecule has 7 heteroatoms. The molecule has 0 spiro atoms. The van der Waals surface area contributed by atoms with Crippen LogP contribution in [0, 0.1) is 0 Å². The third-order valence-electron chi connectivity index (χ3n) is 4.03. The zero-order chi connectivity index (χ0) is 17.6. The van der Waals surface area contributed by atoms with Crippen molar-refractivity contribution in [2.75, 3.05) is 13.2 Å². The lowest BCUT2D eigenvalue weighted by Gasteiger charge is -2.09.